The molecule has 18 heavy (non-hydrogen) atoms. The Balaban J connectivity index is 1.98. The fourth-order valence-corrected chi connectivity index (χ4v) is 1.55. The molecule has 2 amide bonds. The Morgan fingerprint density at radius 3 is 2.67 bits per heavy atom. The molecule has 0 aromatic heterocycles. The average molecular weight is 257 g/mol. The quantitative estimate of drug-likeness (QED) is 0.487. The first kappa shape index (κ1) is 14.9. The topological polar surface area (TPSA) is 93.4 Å². The van der Waals surface area contributed by atoms with E-state index >= 15 is 0 Å². The summed E-state index contributed by atoms with van der Waals surface area (Å²) in [6.45, 7) is 0.839. The van der Waals surface area contributed by atoms with Crippen molar-refractivity contribution < 1.29 is 14.3 Å². The third kappa shape index (κ3) is 6.56. The van der Waals surface area contributed by atoms with E-state index in [9.17, 15) is 9.59 Å². The fourth-order valence-electron chi connectivity index (χ4n) is 1.55. The van der Waals surface area contributed by atoms with Crippen molar-refractivity contribution in [2.24, 2.45) is 5.73 Å². The van der Waals surface area contributed by atoms with Gasteiger partial charge in [-0.25, -0.2) is 0 Å². The van der Waals surface area contributed by atoms with Crippen molar-refractivity contribution >= 4 is 11.8 Å². The molecule has 0 aromatic rings. The van der Waals surface area contributed by atoms with E-state index in [2.05, 4.69) is 10.6 Å². The maximum atomic E-state index is 11.5. The summed E-state index contributed by atoms with van der Waals surface area (Å²) in [5.74, 6) is -0.0154. The highest BCUT2D eigenvalue weighted by molar-refractivity contribution is 5.77. The van der Waals surface area contributed by atoms with Crippen molar-refractivity contribution in [3.05, 3.63) is 0 Å². The SMILES string of the molecule is COC(CN)CC(=O)NCCCC(=O)NC1CC1. The van der Waals surface area contributed by atoms with Gasteiger partial charge in [-0.15, -0.1) is 0 Å². The first-order valence-electron chi connectivity index (χ1n) is 6.44. The highest BCUT2D eigenvalue weighted by Gasteiger charge is 2.22. The molecule has 104 valence electrons. The summed E-state index contributed by atoms with van der Waals surface area (Å²) < 4.78 is 5.02. The van der Waals surface area contributed by atoms with E-state index in [1.807, 2.05) is 0 Å². The summed E-state index contributed by atoms with van der Waals surface area (Å²) in [6.07, 6.45) is 3.34. The monoisotopic (exact) mass is 257 g/mol. The van der Waals surface area contributed by atoms with Crippen molar-refractivity contribution in [3.8, 4) is 0 Å². The summed E-state index contributed by atoms with van der Waals surface area (Å²) in [5, 5.41) is 5.66. The summed E-state index contributed by atoms with van der Waals surface area (Å²) >= 11 is 0. The van der Waals surface area contributed by atoms with E-state index in [1.165, 1.54) is 7.11 Å². The van der Waals surface area contributed by atoms with Crippen molar-refractivity contribution in [2.75, 3.05) is 20.2 Å². The molecule has 1 saturated carbocycles. The van der Waals surface area contributed by atoms with Gasteiger partial charge >= 0.3 is 0 Å². The second kappa shape index (κ2) is 8.05. The van der Waals surface area contributed by atoms with Gasteiger partial charge in [-0.05, 0) is 19.3 Å². The number of rotatable bonds is 9. The van der Waals surface area contributed by atoms with Crippen LogP contribution in [0, 0.1) is 0 Å². The maximum Gasteiger partial charge on any atom is 0.222 e. The number of nitrogens with two attached hydrogens (primary N) is 1. The summed E-state index contributed by atoms with van der Waals surface area (Å²) in [5.41, 5.74) is 5.42. The predicted octanol–water partition coefficient (Wildman–Crippen LogP) is -0.475. The number of nitrogens with one attached hydrogen (secondary N) is 2. The summed E-state index contributed by atoms with van der Waals surface area (Å²) in [4.78, 5) is 22.8. The molecule has 0 spiro atoms. The van der Waals surface area contributed by atoms with Gasteiger partial charge in [-0.3, -0.25) is 9.59 Å². The number of methoxy groups -OCH3 is 1. The highest BCUT2D eigenvalue weighted by Crippen LogP contribution is 2.18. The smallest absolute Gasteiger partial charge is 0.222 e. The lowest BCUT2D eigenvalue weighted by Gasteiger charge is -2.12. The number of ether oxygens (including phenoxy) is 1. The minimum atomic E-state index is -0.233. The van der Waals surface area contributed by atoms with E-state index in [4.69, 9.17) is 10.5 Å². The van der Waals surface area contributed by atoms with E-state index in [-0.39, 0.29) is 24.3 Å². The predicted molar refractivity (Wildman–Crippen MR) is 67.9 cm³/mol. The van der Waals surface area contributed by atoms with Crippen LogP contribution in [0.3, 0.4) is 0 Å². The van der Waals surface area contributed by atoms with Crippen LogP contribution in [0.5, 0.6) is 0 Å². The van der Waals surface area contributed by atoms with Crippen LogP contribution in [0.1, 0.15) is 32.1 Å². The van der Waals surface area contributed by atoms with Gasteiger partial charge in [0.25, 0.3) is 0 Å². The van der Waals surface area contributed by atoms with Crippen LogP contribution in [0.4, 0.5) is 0 Å². The second-order valence-corrected chi connectivity index (χ2v) is 4.59. The van der Waals surface area contributed by atoms with E-state index < -0.39 is 0 Å². The molecular weight excluding hydrogens is 234 g/mol. The lowest BCUT2D eigenvalue weighted by atomic mass is 10.2. The second-order valence-electron chi connectivity index (χ2n) is 4.59. The Kier molecular flexibility index (Phi) is 6.67. The molecule has 1 aliphatic rings. The molecule has 0 saturated heterocycles. The molecule has 0 aliphatic heterocycles. The van der Waals surface area contributed by atoms with E-state index in [0.717, 1.165) is 12.8 Å². The molecule has 0 aromatic carbocycles. The van der Waals surface area contributed by atoms with Crippen molar-refractivity contribution in [1.82, 2.24) is 10.6 Å². The largest absolute Gasteiger partial charge is 0.380 e. The van der Waals surface area contributed by atoms with Gasteiger partial charge in [0.15, 0.2) is 0 Å². The minimum Gasteiger partial charge on any atom is -0.380 e. The molecule has 6 nitrogen and oxygen atoms in total. The van der Waals surface area contributed by atoms with Crippen molar-refractivity contribution in [2.45, 2.75) is 44.2 Å². The lowest BCUT2D eigenvalue weighted by molar-refractivity contribution is -0.124. The molecule has 1 atom stereocenters. The van der Waals surface area contributed by atoms with Crippen molar-refractivity contribution in [1.29, 1.82) is 0 Å². The Morgan fingerprint density at radius 2 is 2.11 bits per heavy atom. The fraction of sp³-hybridized carbons (Fsp3) is 0.833. The maximum absolute atomic E-state index is 11.5. The number of carbonyl (C=O) groups is 2. The molecule has 0 bridgehead atoms. The van der Waals surface area contributed by atoms with E-state index in [1.54, 1.807) is 0 Å². The van der Waals surface area contributed by atoms with Gasteiger partial charge in [-0.2, -0.15) is 0 Å². The Hall–Kier alpha value is -1.14. The Bertz CT molecular complexity index is 276. The van der Waals surface area contributed by atoms with Gasteiger partial charge in [0.05, 0.1) is 12.5 Å². The van der Waals surface area contributed by atoms with Gasteiger partial charge < -0.3 is 21.1 Å². The first-order valence-corrected chi connectivity index (χ1v) is 6.44. The summed E-state index contributed by atoms with van der Waals surface area (Å²) in [6, 6.07) is 0.402. The molecule has 1 aliphatic carbocycles. The number of hydrogen-bond acceptors (Lipinski definition) is 4. The molecule has 0 radical (unpaired) electrons. The molecule has 0 heterocycles. The van der Waals surface area contributed by atoms with Crippen LogP contribution in [0.25, 0.3) is 0 Å². The minimum absolute atomic E-state index is 0.0727. The van der Waals surface area contributed by atoms with Crippen LogP contribution in [-0.2, 0) is 14.3 Å². The third-order valence-electron chi connectivity index (χ3n) is 2.85. The molecular formula is C12H23N3O3. The van der Waals surface area contributed by atoms with Gasteiger partial charge in [-0.1, -0.05) is 0 Å². The molecule has 1 unspecified atom stereocenters. The molecule has 4 N–H and O–H groups in total. The van der Waals surface area contributed by atoms with Gasteiger partial charge in [0, 0.05) is 32.7 Å². The van der Waals surface area contributed by atoms with Crippen molar-refractivity contribution in [3.63, 3.8) is 0 Å². The molecule has 1 rings (SSSR count). The number of amides is 2. The van der Waals surface area contributed by atoms with Crippen LogP contribution in [0.2, 0.25) is 0 Å². The highest BCUT2D eigenvalue weighted by atomic mass is 16.5. The number of carbonyl (C=O) groups excluding carboxylic acids is 2. The van der Waals surface area contributed by atoms with Crippen LogP contribution < -0.4 is 16.4 Å². The van der Waals surface area contributed by atoms with Gasteiger partial charge in [0.2, 0.25) is 11.8 Å². The Morgan fingerprint density at radius 1 is 1.39 bits per heavy atom. The first-order chi connectivity index (χ1) is 8.65. The summed E-state index contributed by atoms with van der Waals surface area (Å²) in [7, 11) is 1.53. The van der Waals surface area contributed by atoms with Gasteiger partial charge in [0.1, 0.15) is 0 Å². The zero-order chi connectivity index (χ0) is 13.4. The standard InChI is InChI=1S/C12H23N3O3/c1-18-10(8-13)7-12(17)14-6-2-3-11(16)15-9-4-5-9/h9-10H,2-8,13H2,1H3,(H,14,17)(H,15,16). The zero-order valence-electron chi connectivity index (χ0n) is 10.9. The average Bonchev–Trinajstić information content (AvgIpc) is 3.15. The Labute approximate surface area is 108 Å². The van der Waals surface area contributed by atoms with Crippen LogP contribution in [-0.4, -0.2) is 44.2 Å². The van der Waals surface area contributed by atoms with Crippen LogP contribution in [0.15, 0.2) is 0 Å². The van der Waals surface area contributed by atoms with E-state index in [0.29, 0.717) is 32.0 Å². The molecule has 6 heteroatoms. The zero-order valence-corrected chi connectivity index (χ0v) is 10.9. The van der Waals surface area contributed by atoms with Crippen LogP contribution >= 0.6 is 0 Å². The lowest BCUT2D eigenvalue weighted by Crippen LogP contribution is -2.33. The normalized spacial score (nSPS) is 16.1. The molecule has 1 fully saturated rings. The third-order valence-corrected chi connectivity index (χ3v) is 2.85. The number of hydrogen-bond donors (Lipinski definition) is 3.